The molecule has 146 valence electrons. The van der Waals surface area contributed by atoms with Crippen LogP contribution in [0.15, 0.2) is 18.2 Å². The van der Waals surface area contributed by atoms with Crippen molar-refractivity contribution in [2.24, 2.45) is 5.41 Å². The second-order valence-electron chi connectivity index (χ2n) is 7.13. The average molecular weight is 387 g/mol. The molecule has 11 nitrogen and oxygen atoms in total. The van der Waals surface area contributed by atoms with Crippen molar-refractivity contribution < 1.29 is 24.1 Å². The summed E-state index contributed by atoms with van der Waals surface area (Å²) in [6.45, 7) is 2.28. The summed E-state index contributed by atoms with van der Waals surface area (Å²) < 4.78 is 0. The highest BCUT2D eigenvalue weighted by Crippen LogP contribution is 2.45. The lowest BCUT2D eigenvalue weighted by Gasteiger charge is -2.54. The van der Waals surface area contributed by atoms with E-state index in [1.807, 2.05) is 4.90 Å². The lowest BCUT2D eigenvalue weighted by molar-refractivity contribution is -0.384. The number of nitro benzene ring substituents is 1. The minimum Gasteiger partial charge on any atom is -0.363 e. The van der Waals surface area contributed by atoms with Gasteiger partial charge >= 0.3 is 6.03 Å². The number of hydrogen-bond donors (Lipinski definition) is 2. The van der Waals surface area contributed by atoms with Gasteiger partial charge in [0.2, 0.25) is 17.7 Å². The van der Waals surface area contributed by atoms with Crippen LogP contribution in [0.25, 0.3) is 0 Å². The van der Waals surface area contributed by atoms with Crippen molar-refractivity contribution in [2.45, 2.75) is 19.4 Å². The number of nitro groups is 1. The largest absolute Gasteiger partial charge is 0.363 e. The molecular weight excluding hydrogens is 370 g/mol. The number of urea groups is 1. The van der Waals surface area contributed by atoms with Gasteiger partial charge in [0.25, 0.3) is 5.69 Å². The van der Waals surface area contributed by atoms with E-state index in [1.54, 1.807) is 11.0 Å². The molecule has 0 aliphatic carbocycles. The van der Waals surface area contributed by atoms with Crippen LogP contribution in [0, 0.1) is 15.5 Å². The molecule has 0 saturated carbocycles. The number of rotatable bonds is 1. The van der Waals surface area contributed by atoms with Gasteiger partial charge in [-0.2, -0.15) is 0 Å². The van der Waals surface area contributed by atoms with Crippen LogP contribution in [0.1, 0.15) is 12.5 Å². The molecule has 4 rings (SSSR count). The molecule has 3 aliphatic heterocycles. The van der Waals surface area contributed by atoms with Crippen molar-refractivity contribution in [3.05, 3.63) is 33.9 Å². The van der Waals surface area contributed by atoms with Crippen LogP contribution < -0.4 is 15.5 Å². The summed E-state index contributed by atoms with van der Waals surface area (Å²) in [7, 11) is 0. The Morgan fingerprint density at radius 1 is 1.21 bits per heavy atom. The molecule has 0 aromatic heterocycles. The number of carbonyl (C=O) groups is 4. The second-order valence-corrected chi connectivity index (χ2v) is 7.13. The van der Waals surface area contributed by atoms with Gasteiger partial charge in [-0.05, 0) is 11.6 Å². The molecule has 5 amide bonds. The van der Waals surface area contributed by atoms with Crippen molar-refractivity contribution in [1.29, 1.82) is 0 Å². The van der Waals surface area contributed by atoms with Gasteiger partial charge in [-0.25, -0.2) is 4.79 Å². The Hall–Kier alpha value is -3.50. The van der Waals surface area contributed by atoms with E-state index in [-0.39, 0.29) is 24.6 Å². The number of barbiturate groups is 1. The summed E-state index contributed by atoms with van der Waals surface area (Å²) >= 11 is 0. The normalized spacial score (nSPS) is 22.9. The van der Waals surface area contributed by atoms with E-state index < -0.39 is 34.2 Å². The zero-order chi connectivity index (χ0) is 20.2. The van der Waals surface area contributed by atoms with Crippen LogP contribution in [-0.2, 0) is 20.8 Å². The molecule has 1 unspecified atom stereocenters. The van der Waals surface area contributed by atoms with Gasteiger partial charge in [0.15, 0.2) is 5.41 Å². The topological polar surface area (TPSA) is 142 Å². The first kappa shape index (κ1) is 17.9. The molecule has 1 spiro atoms. The predicted molar refractivity (Wildman–Crippen MR) is 94.3 cm³/mol. The van der Waals surface area contributed by atoms with Gasteiger partial charge in [-0.15, -0.1) is 0 Å². The van der Waals surface area contributed by atoms with Gasteiger partial charge in [-0.1, -0.05) is 0 Å². The SMILES string of the molecule is CC(=O)N1CCN2c3ccc([N+](=O)[O-])cc3CC3(C(=O)NC(=O)NC3=O)C2C1. The molecule has 11 heteroatoms. The molecule has 3 aliphatic rings. The molecule has 2 N–H and O–H groups in total. The lowest BCUT2D eigenvalue weighted by Crippen LogP contribution is -2.74. The highest BCUT2D eigenvalue weighted by atomic mass is 16.6. The van der Waals surface area contributed by atoms with Crippen molar-refractivity contribution in [3.8, 4) is 0 Å². The predicted octanol–water partition coefficient (Wildman–Crippen LogP) is -0.460. The quantitative estimate of drug-likeness (QED) is 0.377. The first-order valence-corrected chi connectivity index (χ1v) is 8.70. The van der Waals surface area contributed by atoms with Crippen molar-refractivity contribution in [3.63, 3.8) is 0 Å². The summed E-state index contributed by atoms with van der Waals surface area (Å²) in [6.07, 6.45) is -0.109. The van der Waals surface area contributed by atoms with Crippen LogP contribution in [0.3, 0.4) is 0 Å². The molecule has 28 heavy (non-hydrogen) atoms. The molecule has 1 aromatic carbocycles. The van der Waals surface area contributed by atoms with Crippen LogP contribution in [0.5, 0.6) is 0 Å². The zero-order valence-corrected chi connectivity index (χ0v) is 14.9. The Kier molecular flexibility index (Phi) is 3.84. The Morgan fingerprint density at radius 3 is 2.50 bits per heavy atom. The van der Waals surface area contributed by atoms with Gasteiger partial charge in [0.1, 0.15) is 0 Å². The highest BCUT2D eigenvalue weighted by Gasteiger charge is 2.61. The number of nitrogens with zero attached hydrogens (tertiary/aromatic N) is 3. The fourth-order valence-electron chi connectivity index (χ4n) is 4.33. The third kappa shape index (κ3) is 2.42. The maximum atomic E-state index is 12.9. The molecule has 2 fully saturated rings. The zero-order valence-electron chi connectivity index (χ0n) is 14.9. The summed E-state index contributed by atoms with van der Waals surface area (Å²) in [6, 6.07) is 2.71. The number of amides is 5. The summed E-state index contributed by atoms with van der Waals surface area (Å²) in [5.41, 5.74) is -0.671. The maximum absolute atomic E-state index is 12.9. The molecule has 1 atom stereocenters. The summed E-state index contributed by atoms with van der Waals surface area (Å²) in [5.74, 6) is -1.71. The fraction of sp³-hybridized carbons (Fsp3) is 0.412. The van der Waals surface area contributed by atoms with Crippen LogP contribution in [-0.4, -0.2) is 59.3 Å². The number of fused-ring (bicyclic) bond motifs is 4. The van der Waals surface area contributed by atoms with E-state index in [2.05, 4.69) is 10.6 Å². The van der Waals surface area contributed by atoms with Crippen LogP contribution in [0.2, 0.25) is 0 Å². The van der Waals surface area contributed by atoms with E-state index in [0.717, 1.165) is 0 Å². The van der Waals surface area contributed by atoms with Gasteiger partial charge in [0, 0.05) is 50.8 Å². The smallest absolute Gasteiger partial charge is 0.328 e. The number of non-ortho nitro benzene ring substituents is 1. The molecular formula is C17H17N5O6. The number of carbonyl (C=O) groups excluding carboxylic acids is 4. The van der Waals surface area contributed by atoms with E-state index in [0.29, 0.717) is 24.3 Å². The van der Waals surface area contributed by atoms with E-state index in [4.69, 9.17) is 0 Å². The molecule has 1 aromatic rings. The molecule has 0 radical (unpaired) electrons. The number of piperazine rings is 1. The Morgan fingerprint density at radius 2 is 1.89 bits per heavy atom. The minimum absolute atomic E-state index is 0.109. The number of benzene rings is 1. The standard InChI is InChI=1S/C17H17N5O6/c1-9(23)20-4-5-21-12-3-2-11(22(27)28)6-10(12)7-17(13(21)8-20)14(24)18-16(26)19-15(17)25/h2-3,6,13H,4-5,7-8H2,1H3,(H2,18,19,24,25,26). The Labute approximate surface area is 158 Å². The summed E-state index contributed by atoms with van der Waals surface area (Å²) in [5, 5.41) is 15.5. The first-order chi connectivity index (χ1) is 13.2. The minimum atomic E-state index is -1.68. The third-order valence-corrected chi connectivity index (χ3v) is 5.71. The Bertz CT molecular complexity index is 924. The number of nitrogens with one attached hydrogen (secondary N) is 2. The van der Waals surface area contributed by atoms with Crippen molar-refractivity contribution in [2.75, 3.05) is 24.5 Å². The van der Waals surface area contributed by atoms with Gasteiger partial charge < -0.3 is 9.80 Å². The van der Waals surface area contributed by atoms with Crippen LogP contribution >= 0.6 is 0 Å². The second kappa shape index (κ2) is 6.01. The fourth-order valence-corrected chi connectivity index (χ4v) is 4.33. The van der Waals surface area contributed by atoms with E-state index in [9.17, 15) is 29.3 Å². The van der Waals surface area contributed by atoms with E-state index >= 15 is 0 Å². The monoisotopic (exact) mass is 387 g/mol. The van der Waals surface area contributed by atoms with E-state index in [1.165, 1.54) is 19.1 Å². The van der Waals surface area contributed by atoms with Crippen LogP contribution in [0.4, 0.5) is 16.2 Å². The highest BCUT2D eigenvalue weighted by molar-refractivity contribution is 6.20. The first-order valence-electron chi connectivity index (χ1n) is 8.70. The van der Waals surface area contributed by atoms with Crippen molar-refractivity contribution >= 4 is 35.1 Å². The lowest BCUT2D eigenvalue weighted by atomic mass is 9.68. The Balaban J connectivity index is 1.87. The molecule has 3 heterocycles. The molecule has 2 saturated heterocycles. The average Bonchev–Trinajstić information content (AvgIpc) is 2.64. The maximum Gasteiger partial charge on any atom is 0.328 e. The van der Waals surface area contributed by atoms with Gasteiger partial charge in [0.05, 0.1) is 11.0 Å². The summed E-state index contributed by atoms with van der Waals surface area (Å²) in [4.78, 5) is 63.3. The van der Waals surface area contributed by atoms with Crippen molar-refractivity contribution in [1.82, 2.24) is 15.5 Å². The number of hydrogen-bond acceptors (Lipinski definition) is 7. The number of anilines is 1. The van der Waals surface area contributed by atoms with Gasteiger partial charge in [-0.3, -0.25) is 35.1 Å². The molecule has 0 bridgehead atoms. The third-order valence-electron chi connectivity index (χ3n) is 5.71. The number of imide groups is 2.